The molecule has 0 saturated heterocycles. The van der Waals surface area contributed by atoms with Gasteiger partial charge in [-0.15, -0.1) is 0 Å². The number of nitro groups is 1. The molecule has 1 aliphatic rings. The Morgan fingerprint density at radius 3 is 2.59 bits per heavy atom. The predicted molar refractivity (Wildman–Crippen MR) is 104 cm³/mol. The average molecular weight is 367 g/mol. The highest BCUT2D eigenvalue weighted by Gasteiger charge is 2.30. The lowest BCUT2D eigenvalue weighted by Crippen LogP contribution is -2.38. The molecule has 2 aromatic rings. The monoisotopic (exact) mass is 367 g/mol. The summed E-state index contributed by atoms with van der Waals surface area (Å²) in [7, 11) is 0. The Labute approximate surface area is 157 Å². The van der Waals surface area contributed by atoms with Gasteiger partial charge in [-0.2, -0.15) is 0 Å². The molecule has 27 heavy (non-hydrogen) atoms. The van der Waals surface area contributed by atoms with Crippen molar-refractivity contribution in [2.24, 2.45) is 5.73 Å². The molecule has 1 amide bonds. The summed E-state index contributed by atoms with van der Waals surface area (Å²) >= 11 is 0. The maximum Gasteiger partial charge on any atom is 0.294 e. The van der Waals surface area contributed by atoms with Gasteiger partial charge in [0.15, 0.2) is 11.5 Å². The van der Waals surface area contributed by atoms with E-state index in [4.69, 9.17) is 10.5 Å². The summed E-state index contributed by atoms with van der Waals surface area (Å²) in [5.41, 5.74) is 8.01. The lowest BCUT2D eigenvalue weighted by molar-refractivity contribution is -0.384. The SMILES string of the molecule is Cc1ccc2c(c1)N(CCCCN)C(=O)/C(=C\c1ccc([N+](=O)[O-])cc1)O2. The number of benzene rings is 2. The second-order valence-corrected chi connectivity index (χ2v) is 6.38. The van der Waals surface area contributed by atoms with Crippen molar-refractivity contribution in [1.29, 1.82) is 0 Å². The fourth-order valence-corrected chi connectivity index (χ4v) is 2.90. The Morgan fingerprint density at radius 2 is 1.93 bits per heavy atom. The molecule has 1 aliphatic heterocycles. The lowest BCUT2D eigenvalue weighted by Gasteiger charge is -2.31. The number of aryl methyl sites for hydroxylation is 1. The highest BCUT2D eigenvalue weighted by molar-refractivity contribution is 6.09. The molecule has 0 atom stereocenters. The van der Waals surface area contributed by atoms with E-state index in [9.17, 15) is 14.9 Å². The van der Waals surface area contributed by atoms with Gasteiger partial charge in [-0.25, -0.2) is 0 Å². The average Bonchev–Trinajstić information content (AvgIpc) is 2.65. The molecular formula is C20H21N3O4. The van der Waals surface area contributed by atoms with Crippen molar-refractivity contribution in [3.05, 3.63) is 69.5 Å². The largest absolute Gasteiger partial charge is 0.449 e. The van der Waals surface area contributed by atoms with Gasteiger partial charge in [0.05, 0.1) is 10.6 Å². The standard InChI is InChI=1S/C20H21N3O4/c1-14-4-9-18-17(12-14)22(11-3-2-10-21)20(24)19(27-18)13-15-5-7-16(8-6-15)23(25)26/h4-9,12-13H,2-3,10-11,21H2,1H3/b19-13+. The minimum Gasteiger partial charge on any atom is -0.449 e. The van der Waals surface area contributed by atoms with Crippen LogP contribution in [0.1, 0.15) is 24.0 Å². The number of hydrogen-bond donors (Lipinski definition) is 1. The van der Waals surface area contributed by atoms with E-state index in [2.05, 4.69) is 0 Å². The highest BCUT2D eigenvalue weighted by atomic mass is 16.6. The maximum absolute atomic E-state index is 13.0. The number of fused-ring (bicyclic) bond motifs is 1. The van der Waals surface area contributed by atoms with Gasteiger partial charge in [-0.3, -0.25) is 14.9 Å². The molecule has 7 nitrogen and oxygen atoms in total. The van der Waals surface area contributed by atoms with Crippen LogP contribution in [0.5, 0.6) is 5.75 Å². The van der Waals surface area contributed by atoms with E-state index in [0.29, 0.717) is 24.4 Å². The van der Waals surface area contributed by atoms with Crippen molar-refractivity contribution < 1.29 is 14.5 Å². The molecule has 0 radical (unpaired) electrons. The predicted octanol–water partition coefficient (Wildman–Crippen LogP) is 3.41. The molecule has 7 heteroatoms. The zero-order chi connectivity index (χ0) is 19.4. The fraction of sp³-hybridized carbons (Fsp3) is 0.250. The van der Waals surface area contributed by atoms with Gasteiger partial charge < -0.3 is 15.4 Å². The van der Waals surface area contributed by atoms with Gasteiger partial charge in [0.1, 0.15) is 0 Å². The number of carbonyl (C=O) groups is 1. The van der Waals surface area contributed by atoms with Crippen molar-refractivity contribution >= 4 is 23.4 Å². The van der Waals surface area contributed by atoms with Crippen LogP contribution < -0.4 is 15.4 Å². The quantitative estimate of drug-likeness (QED) is 0.365. The molecule has 0 aromatic heterocycles. The molecule has 0 spiro atoms. The third-order valence-corrected chi connectivity index (χ3v) is 4.32. The summed E-state index contributed by atoms with van der Waals surface area (Å²) in [5.74, 6) is 0.567. The molecule has 1 heterocycles. The maximum atomic E-state index is 13.0. The Bertz CT molecular complexity index is 891. The molecular weight excluding hydrogens is 346 g/mol. The third-order valence-electron chi connectivity index (χ3n) is 4.32. The molecule has 0 aliphatic carbocycles. The first-order valence-electron chi connectivity index (χ1n) is 8.76. The van der Waals surface area contributed by atoms with Crippen LogP contribution in [0.4, 0.5) is 11.4 Å². The summed E-state index contributed by atoms with van der Waals surface area (Å²) in [6.07, 6.45) is 3.22. The first kappa shape index (κ1) is 18.6. The molecule has 2 N–H and O–H groups in total. The minimum absolute atomic E-state index is 0.00253. The second-order valence-electron chi connectivity index (χ2n) is 6.38. The number of rotatable bonds is 6. The number of unbranched alkanes of at least 4 members (excludes halogenated alkanes) is 1. The summed E-state index contributed by atoms with van der Waals surface area (Å²) in [6.45, 7) is 3.09. The highest BCUT2D eigenvalue weighted by Crippen LogP contribution is 2.36. The Hall–Kier alpha value is -3.19. The van der Waals surface area contributed by atoms with Crippen molar-refractivity contribution in [2.75, 3.05) is 18.0 Å². The van der Waals surface area contributed by atoms with E-state index >= 15 is 0 Å². The van der Waals surface area contributed by atoms with E-state index < -0.39 is 4.92 Å². The zero-order valence-corrected chi connectivity index (χ0v) is 15.1. The number of hydrogen-bond acceptors (Lipinski definition) is 5. The Balaban J connectivity index is 1.93. The van der Waals surface area contributed by atoms with Crippen molar-refractivity contribution in [3.63, 3.8) is 0 Å². The zero-order valence-electron chi connectivity index (χ0n) is 15.1. The van der Waals surface area contributed by atoms with Crippen LogP contribution >= 0.6 is 0 Å². The molecule has 3 rings (SSSR count). The van der Waals surface area contributed by atoms with Crippen molar-refractivity contribution in [1.82, 2.24) is 0 Å². The summed E-state index contributed by atoms with van der Waals surface area (Å²) in [6, 6.07) is 11.7. The Kier molecular flexibility index (Phi) is 5.52. The summed E-state index contributed by atoms with van der Waals surface area (Å²) in [5, 5.41) is 10.8. The van der Waals surface area contributed by atoms with E-state index in [1.165, 1.54) is 12.1 Å². The number of nitrogens with two attached hydrogens (primary N) is 1. The Morgan fingerprint density at radius 1 is 1.19 bits per heavy atom. The van der Waals surface area contributed by atoms with Crippen LogP contribution in [-0.4, -0.2) is 23.9 Å². The first-order chi connectivity index (χ1) is 13.0. The summed E-state index contributed by atoms with van der Waals surface area (Å²) in [4.78, 5) is 25.0. The van der Waals surface area contributed by atoms with Crippen molar-refractivity contribution in [2.45, 2.75) is 19.8 Å². The smallest absolute Gasteiger partial charge is 0.294 e. The van der Waals surface area contributed by atoms with Gasteiger partial charge in [0, 0.05) is 18.7 Å². The topological polar surface area (TPSA) is 98.7 Å². The lowest BCUT2D eigenvalue weighted by atomic mass is 10.1. The van der Waals surface area contributed by atoms with Crippen LogP contribution in [0.2, 0.25) is 0 Å². The number of non-ortho nitro benzene ring substituents is 1. The van der Waals surface area contributed by atoms with Crippen LogP contribution in [-0.2, 0) is 4.79 Å². The van der Waals surface area contributed by atoms with Crippen LogP contribution in [0, 0.1) is 17.0 Å². The first-order valence-corrected chi connectivity index (χ1v) is 8.76. The molecule has 0 bridgehead atoms. The second kappa shape index (κ2) is 8.01. The number of anilines is 1. The van der Waals surface area contributed by atoms with Gasteiger partial charge in [-0.1, -0.05) is 6.07 Å². The van der Waals surface area contributed by atoms with Gasteiger partial charge in [0.2, 0.25) is 0 Å². The number of nitrogens with zero attached hydrogens (tertiary/aromatic N) is 2. The van der Waals surface area contributed by atoms with Crippen molar-refractivity contribution in [3.8, 4) is 5.75 Å². The minimum atomic E-state index is -0.461. The molecule has 0 unspecified atom stereocenters. The molecule has 2 aromatic carbocycles. The van der Waals surface area contributed by atoms with Gasteiger partial charge in [0.25, 0.3) is 11.6 Å². The number of ether oxygens (including phenoxy) is 1. The number of amides is 1. The normalized spacial score (nSPS) is 14.8. The van der Waals surface area contributed by atoms with E-state index in [1.807, 2.05) is 25.1 Å². The number of carbonyl (C=O) groups excluding carboxylic acids is 1. The molecule has 0 fully saturated rings. The van der Waals surface area contributed by atoms with Crippen LogP contribution in [0.15, 0.2) is 48.2 Å². The van der Waals surface area contributed by atoms with E-state index in [1.54, 1.807) is 23.1 Å². The van der Waals surface area contributed by atoms with E-state index in [-0.39, 0.29) is 17.4 Å². The van der Waals surface area contributed by atoms with Gasteiger partial charge >= 0.3 is 0 Å². The number of nitro benzene ring substituents is 1. The third kappa shape index (κ3) is 4.15. The van der Waals surface area contributed by atoms with Crippen LogP contribution in [0.25, 0.3) is 6.08 Å². The molecule has 140 valence electrons. The van der Waals surface area contributed by atoms with Gasteiger partial charge in [-0.05, 0) is 67.8 Å². The molecule has 0 saturated carbocycles. The summed E-state index contributed by atoms with van der Waals surface area (Å²) < 4.78 is 5.83. The van der Waals surface area contributed by atoms with Crippen LogP contribution in [0.3, 0.4) is 0 Å². The van der Waals surface area contributed by atoms with E-state index in [0.717, 1.165) is 24.1 Å². The fourth-order valence-electron chi connectivity index (χ4n) is 2.90.